The lowest BCUT2D eigenvalue weighted by Crippen LogP contribution is -2.30. The van der Waals surface area contributed by atoms with E-state index in [9.17, 15) is 9.59 Å². The monoisotopic (exact) mass is 330 g/mol. The molecule has 0 radical (unpaired) electrons. The molecule has 1 N–H and O–H groups in total. The van der Waals surface area contributed by atoms with Crippen molar-refractivity contribution in [1.82, 2.24) is 4.98 Å². The maximum absolute atomic E-state index is 12.2. The third-order valence-corrected chi connectivity index (χ3v) is 3.18. The summed E-state index contributed by atoms with van der Waals surface area (Å²) < 4.78 is 15.4. The van der Waals surface area contributed by atoms with Crippen LogP contribution in [-0.4, -0.2) is 37.2 Å². The summed E-state index contributed by atoms with van der Waals surface area (Å²) in [5.74, 6) is -0.101. The van der Waals surface area contributed by atoms with Crippen LogP contribution in [0.1, 0.15) is 17.4 Å². The molecule has 1 heterocycles. The third kappa shape index (κ3) is 4.22. The predicted octanol–water partition coefficient (Wildman–Crippen LogP) is 2.28. The van der Waals surface area contributed by atoms with Crippen LogP contribution < -0.4 is 14.8 Å². The molecule has 1 aromatic heterocycles. The number of rotatable bonds is 6. The largest absolute Gasteiger partial charge is 0.493 e. The highest BCUT2D eigenvalue weighted by Gasteiger charge is 2.20. The van der Waals surface area contributed by atoms with E-state index in [1.54, 1.807) is 30.3 Å². The average Bonchev–Trinajstić information content (AvgIpc) is 2.62. The molecule has 0 spiro atoms. The van der Waals surface area contributed by atoms with Gasteiger partial charge >= 0.3 is 5.97 Å². The molecule has 0 saturated heterocycles. The highest BCUT2D eigenvalue weighted by molar-refractivity contribution is 5.97. The minimum Gasteiger partial charge on any atom is -0.493 e. The molecule has 0 bridgehead atoms. The molecule has 1 aromatic carbocycles. The molecule has 0 fully saturated rings. The van der Waals surface area contributed by atoms with Crippen LogP contribution in [0, 0.1) is 0 Å². The first-order valence-electron chi connectivity index (χ1n) is 7.20. The van der Waals surface area contributed by atoms with Crippen molar-refractivity contribution >= 4 is 17.6 Å². The summed E-state index contributed by atoms with van der Waals surface area (Å²) in [6, 6.07) is 9.80. The van der Waals surface area contributed by atoms with E-state index in [1.165, 1.54) is 33.4 Å². The van der Waals surface area contributed by atoms with Gasteiger partial charge in [0.05, 0.1) is 14.2 Å². The highest BCUT2D eigenvalue weighted by atomic mass is 16.5. The smallest absolute Gasteiger partial charge is 0.357 e. The second-order valence-electron chi connectivity index (χ2n) is 4.82. The van der Waals surface area contributed by atoms with Crippen molar-refractivity contribution in [3.05, 3.63) is 48.3 Å². The Morgan fingerprint density at radius 3 is 2.46 bits per heavy atom. The summed E-state index contributed by atoms with van der Waals surface area (Å²) >= 11 is 0. The van der Waals surface area contributed by atoms with Crippen molar-refractivity contribution in [2.24, 2.45) is 0 Å². The SMILES string of the molecule is COc1ccc(NC(=O)C(C)OC(=O)c2ccccn2)cc1OC. The molecular weight excluding hydrogens is 312 g/mol. The summed E-state index contributed by atoms with van der Waals surface area (Å²) in [4.78, 5) is 27.9. The Morgan fingerprint density at radius 2 is 1.83 bits per heavy atom. The van der Waals surface area contributed by atoms with E-state index in [0.29, 0.717) is 17.2 Å². The molecule has 24 heavy (non-hydrogen) atoms. The number of methoxy groups -OCH3 is 2. The van der Waals surface area contributed by atoms with E-state index >= 15 is 0 Å². The lowest BCUT2D eigenvalue weighted by molar-refractivity contribution is -0.123. The Labute approximate surface area is 139 Å². The van der Waals surface area contributed by atoms with Crippen molar-refractivity contribution in [2.75, 3.05) is 19.5 Å². The molecule has 1 unspecified atom stereocenters. The number of aromatic nitrogens is 1. The molecule has 0 aliphatic heterocycles. The van der Waals surface area contributed by atoms with Crippen LogP contribution in [-0.2, 0) is 9.53 Å². The first kappa shape index (κ1) is 17.3. The maximum atomic E-state index is 12.2. The number of hydrogen-bond acceptors (Lipinski definition) is 6. The first-order valence-corrected chi connectivity index (χ1v) is 7.20. The number of nitrogens with zero attached hydrogens (tertiary/aromatic N) is 1. The molecule has 126 valence electrons. The number of carbonyl (C=O) groups excluding carboxylic acids is 2. The van der Waals surface area contributed by atoms with Gasteiger partial charge in [-0.3, -0.25) is 4.79 Å². The molecule has 7 heteroatoms. The Bertz CT molecular complexity index is 718. The number of carbonyl (C=O) groups is 2. The van der Waals surface area contributed by atoms with Crippen molar-refractivity contribution in [2.45, 2.75) is 13.0 Å². The van der Waals surface area contributed by atoms with Gasteiger partial charge in [0.15, 0.2) is 17.6 Å². The second kappa shape index (κ2) is 7.96. The summed E-state index contributed by atoms with van der Waals surface area (Å²) in [5, 5.41) is 2.65. The van der Waals surface area contributed by atoms with Gasteiger partial charge in [-0.25, -0.2) is 9.78 Å². The zero-order chi connectivity index (χ0) is 17.5. The number of benzene rings is 1. The van der Waals surface area contributed by atoms with Crippen LogP contribution in [0.25, 0.3) is 0 Å². The Kier molecular flexibility index (Phi) is 5.73. The third-order valence-electron chi connectivity index (χ3n) is 3.18. The Balaban J connectivity index is 2.00. The van der Waals surface area contributed by atoms with Gasteiger partial charge in [0, 0.05) is 18.0 Å². The van der Waals surface area contributed by atoms with Crippen LogP contribution in [0.5, 0.6) is 11.5 Å². The topological polar surface area (TPSA) is 86.8 Å². The molecule has 0 aliphatic rings. The lowest BCUT2D eigenvalue weighted by atomic mass is 10.2. The van der Waals surface area contributed by atoms with E-state index in [2.05, 4.69) is 10.3 Å². The summed E-state index contributed by atoms with van der Waals surface area (Å²) in [6.07, 6.45) is 0.498. The van der Waals surface area contributed by atoms with Gasteiger partial charge < -0.3 is 19.5 Å². The fourth-order valence-corrected chi connectivity index (χ4v) is 1.92. The van der Waals surface area contributed by atoms with Crippen molar-refractivity contribution in [3.8, 4) is 11.5 Å². The van der Waals surface area contributed by atoms with Crippen molar-refractivity contribution in [1.29, 1.82) is 0 Å². The minimum atomic E-state index is -0.979. The van der Waals surface area contributed by atoms with E-state index in [1.807, 2.05) is 0 Å². The Morgan fingerprint density at radius 1 is 1.08 bits per heavy atom. The predicted molar refractivity (Wildman–Crippen MR) is 87.3 cm³/mol. The normalized spacial score (nSPS) is 11.3. The standard InChI is InChI=1S/C17H18N2O5/c1-11(24-17(21)13-6-4-5-9-18-13)16(20)19-12-7-8-14(22-2)15(10-12)23-3/h4-11H,1-3H3,(H,19,20). The van der Waals surface area contributed by atoms with E-state index in [0.717, 1.165) is 0 Å². The fraction of sp³-hybridized carbons (Fsp3) is 0.235. The van der Waals surface area contributed by atoms with Crippen LogP contribution >= 0.6 is 0 Å². The molecule has 0 aliphatic carbocycles. The first-order chi connectivity index (χ1) is 11.5. The number of pyridine rings is 1. The van der Waals surface area contributed by atoms with E-state index < -0.39 is 18.0 Å². The molecule has 7 nitrogen and oxygen atoms in total. The maximum Gasteiger partial charge on any atom is 0.357 e. The number of anilines is 1. The number of amides is 1. The van der Waals surface area contributed by atoms with Crippen LogP contribution in [0.3, 0.4) is 0 Å². The summed E-state index contributed by atoms with van der Waals surface area (Å²) in [6.45, 7) is 1.48. The van der Waals surface area contributed by atoms with Gasteiger partial charge in [-0.2, -0.15) is 0 Å². The van der Waals surface area contributed by atoms with Gasteiger partial charge in [0.25, 0.3) is 5.91 Å². The molecule has 2 rings (SSSR count). The van der Waals surface area contributed by atoms with Crippen molar-refractivity contribution in [3.63, 3.8) is 0 Å². The zero-order valence-corrected chi connectivity index (χ0v) is 13.6. The van der Waals surface area contributed by atoms with Gasteiger partial charge in [-0.05, 0) is 31.2 Å². The van der Waals surface area contributed by atoms with E-state index in [4.69, 9.17) is 14.2 Å². The molecule has 2 aromatic rings. The summed E-state index contributed by atoms with van der Waals surface area (Å²) in [7, 11) is 3.02. The van der Waals surface area contributed by atoms with Gasteiger partial charge in [0.2, 0.25) is 0 Å². The Hall–Kier alpha value is -3.09. The number of nitrogens with one attached hydrogen (secondary N) is 1. The van der Waals surface area contributed by atoms with Crippen molar-refractivity contribution < 1.29 is 23.8 Å². The van der Waals surface area contributed by atoms with Gasteiger partial charge in [-0.15, -0.1) is 0 Å². The zero-order valence-electron chi connectivity index (χ0n) is 13.6. The number of esters is 1. The average molecular weight is 330 g/mol. The molecular formula is C17H18N2O5. The van der Waals surface area contributed by atoms with Crippen LogP contribution in [0.15, 0.2) is 42.6 Å². The van der Waals surface area contributed by atoms with Gasteiger partial charge in [0.1, 0.15) is 5.69 Å². The van der Waals surface area contributed by atoms with Crippen LogP contribution in [0.4, 0.5) is 5.69 Å². The van der Waals surface area contributed by atoms with E-state index in [-0.39, 0.29) is 5.69 Å². The second-order valence-corrected chi connectivity index (χ2v) is 4.82. The fourth-order valence-electron chi connectivity index (χ4n) is 1.92. The number of ether oxygens (including phenoxy) is 3. The van der Waals surface area contributed by atoms with Gasteiger partial charge in [-0.1, -0.05) is 6.07 Å². The highest BCUT2D eigenvalue weighted by Crippen LogP contribution is 2.29. The quantitative estimate of drug-likeness (QED) is 0.818. The summed E-state index contributed by atoms with van der Waals surface area (Å²) in [5.41, 5.74) is 0.640. The molecule has 0 saturated carbocycles. The number of hydrogen-bond donors (Lipinski definition) is 1. The lowest BCUT2D eigenvalue weighted by Gasteiger charge is -2.14. The molecule has 1 amide bonds. The minimum absolute atomic E-state index is 0.142. The molecule has 1 atom stereocenters. The van der Waals surface area contributed by atoms with Crippen LogP contribution in [0.2, 0.25) is 0 Å².